The van der Waals surface area contributed by atoms with Crippen LogP contribution >= 0.6 is 0 Å². The Morgan fingerprint density at radius 1 is 1.47 bits per heavy atom. The van der Waals surface area contributed by atoms with E-state index in [0.29, 0.717) is 5.75 Å². The van der Waals surface area contributed by atoms with Crippen LogP contribution in [0.5, 0.6) is 11.5 Å². The highest BCUT2D eigenvalue weighted by atomic mass is 16.5. The van der Waals surface area contributed by atoms with E-state index in [4.69, 9.17) is 4.74 Å². The van der Waals surface area contributed by atoms with Gasteiger partial charge >= 0.3 is 0 Å². The van der Waals surface area contributed by atoms with Crippen LogP contribution in [0.15, 0.2) is 17.3 Å². The van der Waals surface area contributed by atoms with Gasteiger partial charge < -0.3 is 9.84 Å². The zero-order chi connectivity index (χ0) is 11.1. The van der Waals surface area contributed by atoms with Gasteiger partial charge in [-0.2, -0.15) is 0 Å². The molecule has 1 aliphatic heterocycles. The van der Waals surface area contributed by atoms with E-state index in [1.165, 1.54) is 6.07 Å². The van der Waals surface area contributed by atoms with Gasteiger partial charge in [-0.05, 0) is 43.5 Å². The first-order valence-corrected chi connectivity index (χ1v) is 4.90. The third-order valence-corrected chi connectivity index (χ3v) is 2.64. The number of nitrogens with zero attached hydrogens (tertiary/aromatic N) is 1. The third-order valence-electron chi connectivity index (χ3n) is 2.64. The monoisotopic (exact) mass is 207 g/mol. The summed E-state index contributed by atoms with van der Waals surface area (Å²) in [5.74, 6) is 0.575. The van der Waals surface area contributed by atoms with Crippen molar-refractivity contribution >= 4 is 5.69 Å². The molecule has 0 amide bonds. The lowest BCUT2D eigenvalue weighted by Gasteiger charge is -2.32. The molecule has 1 aromatic carbocycles. The molecule has 0 atom stereocenters. The summed E-state index contributed by atoms with van der Waals surface area (Å²) in [5, 5.41) is 12.2. The first-order chi connectivity index (χ1) is 7.02. The maximum absolute atomic E-state index is 10.4. The topological polar surface area (TPSA) is 58.9 Å². The van der Waals surface area contributed by atoms with Crippen molar-refractivity contribution in [2.24, 2.45) is 5.18 Å². The van der Waals surface area contributed by atoms with Crippen LogP contribution in [0.2, 0.25) is 0 Å². The molecule has 0 fully saturated rings. The molecule has 1 aromatic rings. The van der Waals surface area contributed by atoms with Crippen molar-refractivity contribution in [3.8, 4) is 11.5 Å². The summed E-state index contributed by atoms with van der Waals surface area (Å²) >= 11 is 0. The fourth-order valence-electron chi connectivity index (χ4n) is 1.75. The Hall–Kier alpha value is -1.58. The Balaban J connectivity index is 2.46. The van der Waals surface area contributed by atoms with Gasteiger partial charge in [0.15, 0.2) is 5.69 Å². The molecule has 1 aliphatic rings. The molecule has 0 radical (unpaired) electrons. The molecular weight excluding hydrogens is 194 g/mol. The number of hydrogen-bond acceptors (Lipinski definition) is 4. The average Bonchev–Trinajstić information content (AvgIpc) is 2.17. The number of ether oxygens (including phenoxy) is 1. The van der Waals surface area contributed by atoms with Crippen LogP contribution in [-0.2, 0) is 6.42 Å². The highest BCUT2D eigenvalue weighted by molar-refractivity contribution is 5.58. The summed E-state index contributed by atoms with van der Waals surface area (Å²) in [6.45, 7) is 3.99. The number of fused-ring (bicyclic) bond motifs is 1. The average molecular weight is 207 g/mol. The zero-order valence-electron chi connectivity index (χ0n) is 8.78. The van der Waals surface area contributed by atoms with E-state index in [-0.39, 0.29) is 17.0 Å². The molecule has 2 rings (SSSR count). The van der Waals surface area contributed by atoms with Gasteiger partial charge in [0, 0.05) is 6.07 Å². The van der Waals surface area contributed by atoms with E-state index >= 15 is 0 Å². The second-order valence-electron chi connectivity index (χ2n) is 4.40. The normalized spacial score (nSPS) is 17.7. The lowest BCUT2D eigenvalue weighted by atomic mass is 9.94. The molecule has 4 nitrogen and oxygen atoms in total. The molecule has 0 aliphatic carbocycles. The molecule has 0 unspecified atom stereocenters. The van der Waals surface area contributed by atoms with E-state index in [0.717, 1.165) is 18.4 Å². The predicted molar refractivity (Wildman–Crippen MR) is 56.6 cm³/mol. The standard InChI is InChI=1S/C11H13NO3/c1-11(2)4-3-7-5-9(13)8(12-14)6-10(7)15-11/h5-6,13H,3-4H2,1-2H3. The molecule has 0 bridgehead atoms. The Morgan fingerprint density at radius 2 is 2.20 bits per heavy atom. The molecule has 4 heteroatoms. The minimum atomic E-state index is -0.218. The molecule has 1 heterocycles. The van der Waals surface area contributed by atoms with Gasteiger partial charge in [0.1, 0.15) is 17.1 Å². The van der Waals surface area contributed by atoms with Gasteiger partial charge in [0.25, 0.3) is 0 Å². The highest BCUT2D eigenvalue weighted by Crippen LogP contribution is 2.40. The van der Waals surface area contributed by atoms with Gasteiger partial charge in [-0.3, -0.25) is 0 Å². The highest BCUT2D eigenvalue weighted by Gasteiger charge is 2.27. The summed E-state index contributed by atoms with van der Waals surface area (Å²) in [4.78, 5) is 10.4. The maximum Gasteiger partial charge on any atom is 0.153 e. The van der Waals surface area contributed by atoms with Gasteiger partial charge in [-0.15, -0.1) is 4.91 Å². The van der Waals surface area contributed by atoms with Crippen LogP contribution in [0.1, 0.15) is 25.8 Å². The number of nitroso groups, excluding NO2 is 1. The van der Waals surface area contributed by atoms with E-state index in [2.05, 4.69) is 5.18 Å². The van der Waals surface area contributed by atoms with Crippen molar-refractivity contribution < 1.29 is 9.84 Å². The summed E-state index contributed by atoms with van der Waals surface area (Å²) in [7, 11) is 0. The van der Waals surface area contributed by atoms with Gasteiger partial charge in [0.2, 0.25) is 0 Å². The minimum absolute atomic E-state index is 0.0338. The van der Waals surface area contributed by atoms with Crippen molar-refractivity contribution in [2.45, 2.75) is 32.3 Å². The van der Waals surface area contributed by atoms with Gasteiger partial charge in [0.05, 0.1) is 0 Å². The van der Waals surface area contributed by atoms with E-state index in [1.54, 1.807) is 6.07 Å². The summed E-state index contributed by atoms with van der Waals surface area (Å²) in [6.07, 6.45) is 1.74. The van der Waals surface area contributed by atoms with Crippen molar-refractivity contribution in [1.82, 2.24) is 0 Å². The van der Waals surface area contributed by atoms with Crippen molar-refractivity contribution in [1.29, 1.82) is 0 Å². The van der Waals surface area contributed by atoms with Gasteiger partial charge in [-0.1, -0.05) is 0 Å². The van der Waals surface area contributed by atoms with Crippen LogP contribution < -0.4 is 4.74 Å². The largest absolute Gasteiger partial charge is 0.506 e. The number of hydrogen-bond donors (Lipinski definition) is 1. The molecule has 0 spiro atoms. The number of aryl methyl sites for hydroxylation is 1. The number of rotatable bonds is 1. The number of phenolic OH excluding ortho intramolecular Hbond substituents is 1. The van der Waals surface area contributed by atoms with Crippen LogP contribution in [-0.4, -0.2) is 10.7 Å². The summed E-state index contributed by atoms with van der Waals surface area (Å²) in [6, 6.07) is 3.06. The fraction of sp³-hybridized carbons (Fsp3) is 0.455. The minimum Gasteiger partial charge on any atom is -0.506 e. The molecule has 0 saturated heterocycles. The maximum atomic E-state index is 10.4. The van der Waals surface area contributed by atoms with Crippen LogP contribution in [0.4, 0.5) is 5.69 Å². The van der Waals surface area contributed by atoms with Crippen molar-refractivity contribution in [2.75, 3.05) is 0 Å². The Bertz CT molecular complexity index is 413. The Morgan fingerprint density at radius 3 is 2.87 bits per heavy atom. The molecule has 0 aromatic heterocycles. The first kappa shape index (κ1) is 9.96. The molecule has 80 valence electrons. The van der Waals surface area contributed by atoms with Crippen LogP contribution in [0.3, 0.4) is 0 Å². The lowest BCUT2D eigenvalue weighted by molar-refractivity contribution is 0.0846. The smallest absolute Gasteiger partial charge is 0.153 e. The molecular formula is C11H13NO3. The lowest BCUT2D eigenvalue weighted by Crippen LogP contribution is -2.32. The van der Waals surface area contributed by atoms with Gasteiger partial charge in [-0.25, -0.2) is 0 Å². The van der Waals surface area contributed by atoms with E-state index in [1.807, 2.05) is 13.8 Å². The van der Waals surface area contributed by atoms with E-state index < -0.39 is 0 Å². The van der Waals surface area contributed by atoms with Crippen LogP contribution in [0.25, 0.3) is 0 Å². The quantitative estimate of drug-likeness (QED) is 0.720. The third kappa shape index (κ3) is 1.79. The number of aromatic hydroxyl groups is 1. The van der Waals surface area contributed by atoms with E-state index in [9.17, 15) is 10.0 Å². The second-order valence-corrected chi connectivity index (χ2v) is 4.40. The summed E-state index contributed by atoms with van der Waals surface area (Å²) < 4.78 is 5.71. The Kier molecular flexibility index (Phi) is 2.14. The fourth-order valence-corrected chi connectivity index (χ4v) is 1.75. The van der Waals surface area contributed by atoms with Crippen molar-refractivity contribution in [3.63, 3.8) is 0 Å². The predicted octanol–water partition coefficient (Wildman–Crippen LogP) is 2.89. The zero-order valence-corrected chi connectivity index (χ0v) is 8.78. The van der Waals surface area contributed by atoms with Crippen molar-refractivity contribution in [3.05, 3.63) is 22.6 Å². The van der Waals surface area contributed by atoms with Crippen LogP contribution in [0, 0.1) is 4.91 Å². The molecule has 1 N–H and O–H groups in total. The Labute approximate surface area is 87.9 Å². The first-order valence-electron chi connectivity index (χ1n) is 4.90. The SMILES string of the molecule is CC1(C)CCc2cc(O)c(N=O)cc2O1. The number of phenols is 1. The number of benzene rings is 1. The molecule has 15 heavy (non-hydrogen) atoms. The summed E-state index contributed by atoms with van der Waals surface area (Å²) in [5.41, 5.74) is 0.745. The molecule has 0 saturated carbocycles. The second kappa shape index (κ2) is 3.22.